The summed E-state index contributed by atoms with van der Waals surface area (Å²) in [5.41, 5.74) is 2.22. The molecule has 2 aromatic carbocycles. The summed E-state index contributed by atoms with van der Waals surface area (Å²) >= 11 is 0. The Labute approximate surface area is 184 Å². The van der Waals surface area contributed by atoms with E-state index in [0.717, 1.165) is 24.9 Å². The molecule has 0 heterocycles. The minimum absolute atomic E-state index is 0.0374. The molecule has 0 fully saturated rings. The molecule has 31 heavy (non-hydrogen) atoms. The molecule has 2 rings (SSSR count). The minimum atomic E-state index is -0.452. The van der Waals surface area contributed by atoms with Crippen LogP contribution in [-0.2, 0) is 4.74 Å². The SMILES string of the molecule is CCCCCC[C@@H](C)Oc1cc([N+](=O)[O-])c(-c2ccc(C(=O)OC)cc2)cc1N(C)C. The average Bonchev–Trinajstić information content (AvgIpc) is 2.75. The van der Waals surface area contributed by atoms with Gasteiger partial charge in [-0.3, -0.25) is 10.1 Å². The number of ether oxygens (including phenoxy) is 2. The second-order valence-electron chi connectivity index (χ2n) is 7.84. The van der Waals surface area contributed by atoms with Crippen LogP contribution in [0.5, 0.6) is 5.75 Å². The molecule has 7 heteroatoms. The first-order valence-corrected chi connectivity index (χ1v) is 10.6. The van der Waals surface area contributed by atoms with Crippen molar-refractivity contribution in [2.45, 2.75) is 52.1 Å². The van der Waals surface area contributed by atoms with Crippen molar-refractivity contribution in [2.75, 3.05) is 26.1 Å². The fraction of sp³-hybridized carbons (Fsp3) is 0.458. The van der Waals surface area contributed by atoms with Crippen LogP contribution in [0.4, 0.5) is 11.4 Å². The standard InChI is InChI=1S/C24H32N2O5/c1-6-7-8-9-10-17(2)31-23-16-21(26(28)29)20(15-22(23)25(3)4)18-11-13-19(14-12-18)24(27)30-5/h11-17H,6-10H2,1-5H3/t17-/m1/s1. The number of hydrogen-bond acceptors (Lipinski definition) is 6. The Bertz CT molecular complexity index is 894. The maximum atomic E-state index is 11.8. The quantitative estimate of drug-likeness (QED) is 0.193. The molecule has 0 unspecified atom stereocenters. The molecule has 1 atom stereocenters. The van der Waals surface area contributed by atoms with Gasteiger partial charge in [0.2, 0.25) is 0 Å². The normalized spacial score (nSPS) is 11.6. The van der Waals surface area contributed by atoms with E-state index in [1.165, 1.54) is 26.0 Å². The van der Waals surface area contributed by atoms with E-state index in [1.807, 2.05) is 25.9 Å². The molecule has 0 radical (unpaired) electrons. The number of anilines is 1. The molecule has 168 valence electrons. The number of methoxy groups -OCH3 is 1. The third kappa shape index (κ3) is 6.44. The van der Waals surface area contributed by atoms with Crippen LogP contribution in [-0.4, -0.2) is 38.2 Å². The van der Waals surface area contributed by atoms with Gasteiger partial charge < -0.3 is 14.4 Å². The lowest BCUT2D eigenvalue weighted by Crippen LogP contribution is -2.16. The van der Waals surface area contributed by atoms with E-state index in [0.29, 0.717) is 22.4 Å². The molecule has 0 aliphatic carbocycles. The van der Waals surface area contributed by atoms with E-state index in [2.05, 4.69) is 6.92 Å². The van der Waals surface area contributed by atoms with Crippen molar-refractivity contribution in [1.82, 2.24) is 0 Å². The van der Waals surface area contributed by atoms with Crippen molar-refractivity contribution in [3.63, 3.8) is 0 Å². The highest BCUT2D eigenvalue weighted by atomic mass is 16.6. The number of nitro benzene ring substituents is 1. The third-order valence-electron chi connectivity index (χ3n) is 5.17. The van der Waals surface area contributed by atoms with E-state index < -0.39 is 10.9 Å². The molecule has 0 amide bonds. The van der Waals surface area contributed by atoms with E-state index >= 15 is 0 Å². The lowest BCUT2D eigenvalue weighted by atomic mass is 10.0. The molecule has 0 aromatic heterocycles. The molecule has 7 nitrogen and oxygen atoms in total. The molecule has 0 spiro atoms. The predicted octanol–water partition coefficient (Wildman–Crippen LogP) is 5.85. The van der Waals surface area contributed by atoms with Crippen LogP contribution in [0.3, 0.4) is 0 Å². The Kier molecular flexibility index (Phi) is 8.85. The van der Waals surface area contributed by atoms with Crippen molar-refractivity contribution in [2.24, 2.45) is 0 Å². The molecular formula is C24H32N2O5. The van der Waals surface area contributed by atoms with Gasteiger partial charge in [0, 0.05) is 14.1 Å². The van der Waals surface area contributed by atoms with Crippen molar-refractivity contribution < 1.29 is 19.2 Å². The zero-order valence-corrected chi connectivity index (χ0v) is 19.0. The van der Waals surface area contributed by atoms with Crippen molar-refractivity contribution in [1.29, 1.82) is 0 Å². The molecule has 0 saturated carbocycles. The number of hydrogen-bond donors (Lipinski definition) is 0. The van der Waals surface area contributed by atoms with Gasteiger partial charge in [0.15, 0.2) is 0 Å². The number of unbranched alkanes of at least 4 members (excludes halogenated alkanes) is 3. The van der Waals surface area contributed by atoms with Crippen LogP contribution >= 0.6 is 0 Å². The van der Waals surface area contributed by atoms with Gasteiger partial charge in [0.05, 0.1) is 41.0 Å². The van der Waals surface area contributed by atoms with E-state index in [-0.39, 0.29) is 11.8 Å². The Hall–Kier alpha value is -3.09. The molecular weight excluding hydrogens is 396 g/mol. The number of carbonyl (C=O) groups is 1. The number of rotatable bonds is 11. The van der Waals surface area contributed by atoms with E-state index in [4.69, 9.17) is 9.47 Å². The van der Waals surface area contributed by atoms with Crippen molar-refractivity contribution >= 4 is 17.3 Å². The van der Waals surface area contributed by atoms with Crippen LogP contribution in [0, 0.1) is 10.1 Å². The number of benzene rings is 2. The number of nitro groups is 1. The first kappa shape index (κ1) is 24.2. The summed E-state index contributed by atoms with van der Waals surface area (Å²) in [4.78, 5) is 25.0. The van der Waals surface area contributed by atoms with Gasteiger partial charge in [-0.25, -0.2) is 4.79 Å². The largest absolute Gasteiger partial charge is 0.488 e. The molecule has 0 aliphatic rings. The van der Waals surface area contributed by atoms with Gasteiger partial charge in [0.25, 0.3) is 5.69 Å². The van der Waals surface area contributed by atoms with Gasteiger partial charge in [0.1, 0.15) is 5.75 Å². The number of nitrogens with zero attached hydrogens (tertiary/aromatic N) is 2. The zero-order valence-electron chi connectivity index (χ0n) is 19.0. The molecule has 0 bridgehead atoms. The van der Waals surface area contributed by atoms with Gasteiger partial charge in [-0.2, -0.15) is 0 Å². The highest BCUT2D eigenvalue weighted by Crippen LogP contribution is 2.40. The average molecular weight is 429 g/mol. The summed E-state index contributed by atoms with van der Waals surface area (Å²) in [6.07, 6.45) is 5.46. The van der Waals surface area contributed by atoms with Gasteiger partial charge in [-0.1, -0.05) is 38.3 Å². The number of carbonyl (C=O) groups excluding carboxylic acids is 1. The first-order valence-electron chi connectivity index (χ1n) is 10.6. The summed E-state index contributed by atoms with van der Waals surface area (Å²) in [6, 6.07) is 9.84. The lowest BCUT2D eigenvalue weighted by molar-refractivity contribution is -0.384. The topological polar surface area (TPSA) is 81.9 Å². The maximum absolute atomic E-state index is 11.8. The molecule has 0 saturated heterocycles. The fourth-order valence-corrected chi connectivity index (χ4v) is 3.42. The lowest BCUT2D eigenvalue weighted by Gasteiger charge is -2.22. The van der Waals surface area contributed by atoms with Crippen LogP contribution in [0.2, 0.25) is 0 Å². The highest BCUT2D eigenvalue weighted by Gasteiger charge is 2.22. The summed E-state index contributed by atoms with van der Waals surface area (Å²) in [5, 5.41) is 11.8. The smallest absolute Gasteiger partial charge is 0.337 e. The van der Waals surface area contributed by atoms with Gasteiger partial charge >= 0.3 is 5.97 Å². The second kappa shape index (κ2) is 11.3. The summed E-state index contributed by atoms with van der Waals surface area (Å²) < 4.78 is 10.8. The van der Waals surface area contributed by atoms with Crippen LogP contribution in [0.1, 0.15) is 56.3 Å². The molecule has 0 N–H and O–H groups in total. The Balaban J connectivity index is 2.39. The second-order valence-corrected chi connectivity index (χ2v) is 7.84. The Morgan fingerprint density at radius 1 is 1.13 bits per heavy atom. The van der Waals surface area contributed by atoms with E-state index in [9.17, 15) is 14.9 Å². The number of esters is 1. The van der Waals surface area contributed by atoms with Gasteiger partial charge in [-0.15, -0.1) is 0 Å². The maximum Gasteiger partial charge on any atom is 0.337 e. The first-order chi connectivity index (χ1) is 14.8. The Morgan fingerprint density at radius 2 is 1.81 bits per heavy atom. The van der Waals surface area contributed by atoms with Crippen LogP contribution in [0.25, 0.3) is 11.1 Å². The van der Waals surface area contributed by atoms with Crippen LogP contribution < -0.4 is 9.64 Å². The summed E-state index contributed by atoms with van der Waals surface area (Å²) in [7, 11) is 5.07. The highest BCUT2D eigenvalue weighted by molar-refractivity contribution is 5.90. The van der Waals surface area contributed by atoms with Crippen molar-refractivity contribution in [3.8, 4) is 16.9 Å². The van der Waals surface area contributed by atoms with Crippen molar-refractivity contribution in [3.05, 3.63) is 52.1 Å². The van der Waals surface area contributed by atoms with E-state index in [1.54, 1.807) is 30.3 Å². The minimum Gasteiger partial charge on any atom is -0.488 e. The molecule has 2 aromatic rings. The summed E-state index contributed by atoms with van der Waals surface area (Å²) in [5.74, 6) is 0.0429. The third-order valence-corrected chi connectivity index (χ3v) is 5.17. The Morgan fingerprint density at radius 3 is 2.35 bits per heavy atom. The fourth-order valence-electron chi connectivity index (χ4n) is 3.42. The monoisotopic (exact) mass is 428 g/mol. The predicted molar refractivity (Wildman–Crippen MR) is 123 cm³/mol. The van der Waals surface area contributed by atoms with Gasteiger partial charge in [-0.05, 0) is 43.5 Å². The summed E-state index contributed by atoms with van der Waals surface area (Å²) in [6.45, 7) is 4.17. The zero-order chi connectivity index (χ0) is 23.0. The molecule has 0 aliphatic heterocycles. The van der Waals surface area contributed by atoms with Crippen LogP contribution in [0.15, 0.2) is 36.4 Å².